The van der Waals surface area contributed by atoms with Crippen LogP contribution in [0.15, 0.2) is 18.2 Å². The third kappa shape index (κ3) is 4.70. The zero-order valence-corrected chi connectivity index (χ0v) is 13.5. The lowest BCUT2D eigenvalue weighted by Crippen LogP contribution is -2.46. The van der Waals surface area contributed by atoms with E-state index in [2.05, 4.69) is 43.9 Å². The van der Waals surface area contributed by atoms with E-state index < -0.39 is 0 Å². The number of hydrogen-bond acceptors (Lipinski definition) is 4. The Morgan fingerprint density at radius 1 is 1.19 bits per heavy atom. The van der Waals surface area contributed by atoms with Crippen LogP contribution in [-0.2, 0) is 6.42 Å². The maximum atomic E-state index is 9.35. The van der Waals surface area contributed by atoms with E-state index in [1.165, 1.54) is 16.2 Å². The van der Waals surface area contributed by atoms with Crippen molar-refractivity contribution in [2.75, 3.05) is 39.3 Å². The second-order valence-corrected chi connectivity index (χ2v) is 6.02. The van der Waals surface area contributed by atoms with Crippen LogP contribution in [0.1, 0.15) is 37.8 Å². The lowest BCUT2D eigenvalue weighted by Gasteiger charge is -2.30. The number of hydrogen-bond donors (Lipinski definition) is 1. The summed E-state index contributed by atoms with van der Waals surface area (Å²) >= 11 is 0. The van der Waals surface area contributed by atoms with Gasteiger partial charge in [0.15, 0.2) is 0 Å². The van der Waals surface area contributed by atoms with Crippen molar-refractivity contribution in [2.24, 2.45) is 0 Å². The zero-order chi connectivity index (χ0) is 15.2. The molecule has 0 saturated carbocycles. The van der Waals surface area contributed by atoms with Gasteiger partial charge in [-0.1, -0.05) is 32.9 Å². The molecule has 1 aromatic rings. The van der Waals surface area contributed by atoms with Gasteiger partial charge in [-0.05, 0) is 29.5 Å². The summed E-state index contributed by atoms with van der Waals surface area (Å²) in [6.07, 6.45) is 1.06. The van der Waals surface area contributed by atoms with Crippen LogP contribution >= 0.6 is 0 Å². The van der Waals surface area contributed by atoms with Crippen molar-refractivity contribution < 1.29 is 9.94 Å². The van der Waals surface area contributed by atoms with Crippen LogP contribution in [-0.4, -0.2) is 54.5 Å². The zero-order valence-electron chi connectivity index (χ0n) is 13.5. The molecular weight excluding hydrogens is 264 g/mol. The summed E-state index contributed by atoms with van der Waals surface area (Å²) in [4.78, 5) is 2.34. The van der Waals surface area contributed by atoms with E-state index in [4.69, 9.17) is 4.74 Å². The minimum Gasteiger partial charge on any atom is -0.492 e. The van der Waals surface area contributed by atoms with Crippen molar-refractivity contribution in [3.63, 3.8) is 0 Å². The summed E-state index contributed by atoms with van der Waals surface area (Å²) in [6.45, 7) is 11.5. The van der Waals surface area contributed by atoms with Crippen molar-refractivity contribution in [3.8, 4) is 5.75 Å². The molecule has 1 heterocycles. The van der Waals surface area contributed by atoms with Gasteiger partial charge in [-0.3, -0.25) is 4.90 Å². The van der Waals surface area contributed by atoms with E-state index in [1.807, 2.05) is 0 Å². The minimum absolute atomic E-state index is 0.476. The van der Waals surface area contributed by atoms with Crippen LogP contribution < -0.4 is 4.74 Å². The fourth-order valence-corrected chi connectivity index (χ4v) is 2.65. The predicted molar refractivity (Wildman–Crippen MR) is 85.2 cm³/mol. The third-order valence-electron chi connectivity index (χ3n) is 4.12. The number of piperazine rings is 1. The van der Waals surface area contributed by atoms with Gasteiger partial charge >= 0.3 is 0 Å². The first-order valence-electron chi connectivity index (χ1n) is 8.02. The number of ether oxygens (including phenoxy) is 1. The maximum Gasteiger partial charge on any atom is 0.122 e. The van der Waals surface area contributed by atoms with Gasteiger partial charge in [-0.2, -0.15) is 5.06 Å². The fourth-order valence-electron chi connectivity index (χ4n) is 2.65. The number of rotatable bonds is 6. The highest BCUT2D eigenvalue weighted by Crippen LogP contribution is 2.27. The molecule has 2 rings (SSSR count). The van der Waals surface area contributed by atoms with E-state index in [0.29, 0.717) is 12.5 Å². The van der Waals surface area contributed by atoms with Crippen LogP contribution in [0.5, 0.6) is 5.75 Å². The molecule has 0 amide bonds. The van der Waals surface area contributed by atoms with Crippen molar-refractivity contribution in [1.82, 2.24) is 9.96 Å². The van der Waals surface area contributed by atoms with Gasteiger partial charge in [0, 0.05) is 32.7 Å². The van der Waals surface area contributed by atoms with Gasteiger partial charge < -0.3 is 9.94 Å². The smallest absolute Gasteiger partial charge is 0.122 e. The van der Waals surface area contributed by atoms with E-state index in [9.17, 15) is 5.21 Å². The van der Waals surface area contributed by atoms with Crippen LogP contribution in [0.2, 0.25) is 0 Å². The molecule has 1 aliphatic rings. The Morgan fingerprint density at radius 3 is 2.52 bits per heavy atom. The largest absolute Gasteiger partial charge is 0.492 e. The van der Waals surface area contributed by atoms with Gasteiger partial charge in [0.2, 0.25) is 0 Å². The van der Waals surface area contributed by atoms with E-state index in [1.54, 1.807) is 0 Å². The highest BCUT2D eigenvalue weighted by Gasteiger charge is 2.15. The van der Waals surface area contributed by atoms with Crippen LogP contribution in [0.25, 0.3) is 0 Å². The van der Waals surface area contributed by atoms with Crippen molar-refractivity contribution >= 4 is 0 Å². The second-order valence-electron chi connectivity index (χ2n) is 6.02. The molecular formula is C17H28N2O2. The molecule has 1 fully saturated rings. The topological polar surface area (TPSA) is 35.9 Å². The lowest BCUT2D eigenvalue weighted by atomic mass is 9.99. The van der Waals surface area contributed by atoms with Crippen molar-refractivity contribution in [1.29, 1.82) is 0 Å². The molecule has 4 nitrogen and oxygen atoms in total. The molecule has 1 N–H and O–H groups in total. The molecule has 1 aromatic carbocycles. The normalized spacial score (nSPS) is 17.4. The lowest BCUT2D eigenvalue weighted by molar-refractivity contribution is -0.117. The molecule has 118 valence electrons. The summed E-state index contributed by atoms with van der Waals surface area (Å²) in [7, 11) is 0. The quantitative estimate of drug-likeness (QED) is 0.874. The van der Waals surface area contributed by atoms with Gasteiger partial charge in [-0.25, -0.2) is 0 Å². The molecule has 0 aliphatic carbocycles. The summed E-state index contributed by atoms with van der Waals surface area (Å²) in [5, 5.41) is 10.7. The SMILES string of the molecule is CCc1ccc(OCCN2CCN(O)CC2)c(C(C)C)c1. The van der Waals surface area contributed by atoms with Crippen LogP contribution in [0.3, 0.4) is 0 Å². The molecule has 21 heavy (non-hydrogen) atoms. The van der Waals surface area contributed by atoms with Crippen molar-refractivity contribution in [3.05, 3.63) is 29.3 Å². The molecule has 4 heteroatoms. The molecule has 0 spiro atoms. The number of benzene rings is 1. The van der Waals surface area contributed by atoms with Gasteiger partial charge in [-0.15, -0.1) is 0 Å². The number of nitrogens with zero attached hydrogens (tertiary/aromatic N) is 2. The van der Waals surface area contributed by atoms with Crippen LogP contribution in [0.4, 0.5) is 0 Å². The number of hydroxylamine groups is 2. The second kappa shape index (κ2) is 7.78. The maximum absolute atomic E-state index is 9.35. The Morgan fingerprint density at radius 2 is 1.90 bits per heavy atom. The first kappa shape index (κ1) is 16.3. The summed E-state index contributed by atoms with van der Waals surface area (Å²) in [6, 6.07) is 6.54. The molecule has 0 atom stereocenters. The summed E-state index contributed by atoms with van der Waals surface area (Å²) in [5.41, 5.74) is 2.67. The van der Waals surface area contributed by atoms with E-state index in [0.717, 1.165) is 44.9 Å². The Kier molecular flexibility index (Phi) is 6.03. The third-order valence-corrected chi connectivity index (χ3v) is 4.12. The molecule has 0 aromatic heterocycles. The fraction of sp³-hybridized carbons (Fsp3) is 0.647. The van der Waals surface area contributed by atoms with Gasteiger partial charge in [0.25, 0.3) is 0 Å². The highest BCUT2D eigenvalue weighted by atomic mass is 16.5. The Hall–Kier alpha value is -1.10. The highest BCUT2D eigenvalue weighted by molar-refractivity contribution is 5.39. The van der Waals surface area contributed by atoms with Crippen molar-refractivity contribution in [2.45, 2.75) is 33.1 Å². The Balaban J connectivity index is 1.87. The van der Waals surface area contributed by atoms with Gasteiger partial charge in [0.05, 0.1) is 0 Å². The van der Waals surface area contributed by atoms with E-state index >= 15 is 0 Å². The molecule has 1 aliphatic heterocycles. The minimum atomic E-state index is 0.476. The molecule has 0 bridgehead atoms. The van der Waals surface area contributed by atoms with Crippen LogP contribution in [0, 0.1) is 0 Å². The number of aryl methyl sites for hydroxylation is 1. The van der Waals surface area contributed by atoms with Gasteiger partial charge in [0.1, 0.15) is 12.4 Å². The summed E-state index contributed by atoms with van der Waals surface area (Å²) in [5.74, 6) is 1.49. The van der Waals surface area contributed by atoms with E-state index in [-0.39, 0.29) is 0 Å². The molecule has 0 unspecified atom stereocenters. The average Bonchev–Trinajstić information content (AvgIpc) is 2.49. The monoisotopic (exact) mass is 292 g/mol. The Bertz CT molecular complexity index is 440. The Labute approximate surface area is 128 Å². The summed E-state index contributed by atoms with van der Waals surface area (Å²) < 4.78 is 6.01. The first-order chi connectivity index (χ1) is 10.1. The standard InChI is InChI=1S/C17H28N2O2/c1-4-15-5-6-17(16(13-15)14(2)3)21-12-11-18-7-9-19(20)10-8-18/h5-6,13-14,20H,4,7-12H2,1-3H3. The average molecular weight is 292 g/mol. The molecule has 0 radical (unpaired) electrons. The first-order valence-corrected chi connectivity index (χ1v) is 8.02. The molecule has 1 saturated heterocycles. The predicted octanol–water partition coefficient (Wildman–Crippen LogP) is 2.76.